The average Bonchev–Trinajstić information content (AvgIpc) is 3.13. The van der Waals surface area contributed by atoms with Crippen LogP contribution in [0.4, 0.5) is 5.00 Å². The molecule has 1 N–H and O–H groups in total. The van der Waals surface area contributed by atoms with Gasteiger partial charge in [-0.2, -0.15) is 0 Å². The van der Waals surface area contributed by atoms with Gasteiger partial charge in [0.2, 0.25) is 0 Å². The van der Waals surface area contributed by atoms with E-state index in [1.807, 2.05) is 34.4 Å². The molecule has 3 heterocycles. The highest BCUT2D eigenvalue weighted by Gasteiger charge is 2.32. The van der Waals surface area contributed by atoms with Crippen LogP contribution in [0.1, 0.15) is 18.1 Å². The third kappa shape index (κ3) is 2.20. The summed E-state index contributed by atoms with van der Waals surface area (Å²) in [7, 11) is 0. The Bertz CT molecular complexity index is 764. The van der Waals surface area contributed by atoms with Gasteiger partial charge in [0.25, 0.3) is 0 Å². The molecule has 0 amide bonds. The molecule has 0 aliphatic carbocycles. The van der Waals surface area contributed by atoms with Crippen LogP contribution in [0.15, 0.2) is 45.8 Å². The Morgan fingerprint density at radius 1 is 1.27 bits per heavy atom. The van der Waals surface area contributed by atoms with Crippen molar-refractivity contribution >= 4 is 39.5 Å². The Morgan fingerprint density at radius 3 is 2.86 bits per heavy atom. The average molecular weight is 332 g/mol. The third-order valence-electron chi connectivity index (χ3n) is 3.61. The van der Waals surface area contributed by atoms with E-state index in [4.69, 9.17) is 16.6 Å². The first-order valence-corrected chi connectivity index (χ1v) is 8.31. The van der Waals surface area contributed by atoms with E-state index in [-0.39, 0.29) is 0 Å². The molecule has 1 aromatic heterocycles. The fraction of sp³-hybridized carbons (Fsp3) is 0.200. The van der Waals surface area contributed by atoms with Gasteiger partial charge >= 0.3 is 0 Å². The monoisotopic (exact) mass is 331 g/mol. The number of hydrogen-bond acceptors (Lipinski definition) is 6. The lowest BCUT2D eigenvalue weighted by Crippen LogP contribution is -2.44. The second-order valence-corrected chi connectivity index (χ2v) is 6.33. The second-order valence-electron chi connectivity index (χ2n) is 5.00. The van der Waals surface area contributed by atoms with Crippen LogP contribution in [0.25, 0.3) is 0 Å². The summed E-state index contributed by atoms with van der Waals surface area (Å²) in [4.78, 5) is 4.79. The zero-order valence-corrected chi connectivity index (χ0v) is 13.5. The highest BCUT2D eigenvalue weighted by atomic mass is 35.5. The fourth-order valence-corrected chi connectivity index (χ4v) is 3.49. The number of hydrazone groups is 1. The molecule has 0 saturated heterocycles. The van der Waals surface area contributed by atoms with Crippen LogP contribution in [0.2, 0.25) is 5.02 Å². The molecule has 0 atom stereocenters. The molecule has 5 nitrogen and oxygen atoms in total. The molecule has 0 bridgehead atoms. The van der Waals surface area contributed by atoms with Gasteiger partial charge in [-0.3, -0.25) is 4.99 Å². The predicted molar refractivity (Wildman–Crippen MR) is 91.4 cm³/mol. The maximum atomic E-state index is 6.00. The minimum atomic E-state index is 0.653. The summed E-state index contributed by atoms with van der Waals surface area (Å²) >= 11 is 7.68. The Balaban J connectivity index is 1.83. The number of thiophene rings is 1. The normalized spacial score (nSPS) is 16.8. The molecule has 1 aromatic carbocycles. The Labute approximate surface area is 137 Å². The summed E-state index contributed by atoms with van der Waals surface area (Å²) in [5.74, 6) is 0.824. The van der Waals surface area contributed by atoms with Crippen molar-refractivity contribution in [3.05, 3.63) is 51.9 Å². The molecule has 2 aliphatic heterocycles. The molecule has 112 valence electrons. The SMILES string of the molecule is CCN1N=C2C(c3ccc(Cl)cc3)=NCc3ccsc3N2N1. The van der Waals surface area contributed by atoms with Crippen LogP contribution in [-0.2, 0) is 6.54 Å². The van der Waals surface area contributed by atoms with E-state index in [1.165, 1.54) is 5.56 Å². The molecular weight excluding hydrogens is 318 g/mol. The van der Waals surface area contributed by atoms with Gasteiger partial charge in [0.1, 0.15) is 10.7 Å². The first-order chi connectivity index (χ1) is 10.8. The number of aliphatic imine (C=N–C) groups is 1. The van der Waals surface area contributed by atoms with Gasteiger partial charge in [-0.05, 0) is 30.5 Å². The number of rotatable bonds is 2. The summed E-state index contributed by atoms with van der Waals surface area (Å²) in [6.45, 7) is 3.48. The molecule has 2 aromatic rings. The number of nitrogens with zero attached hydrogens (tertiary/aromatic N) is 4. The minimum absolute atomic E-state index is 0.653. The third-order valence-corrected chi connectivity index (χ3v) is 4.80. The van der Waals surface area contributed by atoms with E-state index in [2.05, 4.69) is 29.0 Å². The lowest BCUT2D eigenvalue weighted by Gasteiger charge is -2.20. The van der Waals surface area contributed by atoms with Gasteiger partial charge in [0, 0.05) is 16.1 Å². The number of benzene rings is 1. The van der Waals surface area contributed by atoms with Crippen molar-refractivity contribution in [1.82, 2.24) is 10.7 Å². The van der Waals surface area contributed by atoms with Crippen molar-refractivity contribution in [3.8, 4) is 0 Å². The standard InChI is InChI=1S/C15H14ClN5S/c1-2-20-18-14-13(10-3-5-12(16)6-4-10)17-9-11-7-8-22-15(11)21(14)19-20/h3-8,19H,2,9H2,1H3. The van der Waals surface area contributed by atoms with Crippen LogP contribution in [-0.4, -0.2) is 23.2 Å². The molecular formula is C15H14ClN5S. The van der Waals surface area contributed by atoms with Crippen LogP contribution in [0.5, 0.6) is 0 Å². The Hall–Kier alpha value is -1.89. The molecule has 4 rings (SSSR count). The summed E-state index contributed by atoms with van der Waals surface area (Å²) in [5.41, 5.74) is 6.40. The van der Waals surface area contributed by atoms with Gasteiger partial charge in [0.15, 0.2) is 5.84 Å². The van der Waals surface area contributed by atoms with Gasteiger partial charge in [-0.1, -0.05) is 23.7 Å². The number of hydrazine groups is 2. The quantitative estimate of drug-likeness (QED) is 0.918. The zero-order valence-electron chi connectivity index (χ0n) is 12.0. The van der Waals surface area contributed by atoms with Gasteiger partial charge < -0.3 is 0 Å². The van der Waals surface area contributed by atoms with E-state index in [9.17, 15) is 0 Å². The Kier molecular flexibility index (Phi) is 3.37. The molecule has 0 saturated carbocycles. The van der Waals surface area contributed by atoms with Gasteiger partial charge in [0.05, 0.1) is 13.1 Å². The van der Waals surface area contributed by atoms with Crippen LogP contribution < -0.4 is 10.5 Å². The number of fused-ring (bicyclic) bond motifs is 3. The molecule has 0 spiro atoms. The van der Waals surface area contributed by atoms with E-state index in [0.29, 0.717) is 6.54 Å². The number of halogens is 1. The fourth-order valence-electron chi connectivity index (χ4n) is 2.49. The molecule has 0 unspecified atom stereocenters. The van der Waals surface area contributed by atoms with Crippen LogP contribution in [0, 0.1) is 0 Å². The number of hydrogen-bond donors (Lipinski definition) is 1. The second kappa shape index (κ2) is 5.39. The smallest absolute Gasteiger partial charge is 0.197 e. The Morgan fingerprint density at radius 2 is 2.09 bits per heavy atom. The molecule has 7 heteroatoms. The molecule has 0 radical (unpaired) electrons. The van der Waals surface area contributed by atoms with E-state index in [0.717, 1.165) is 33.7 Å². The molecule has 2 aliphatic rings. The van der Waals surface area contributed by atoms with Crippen molar-refractivity contribution in [3.63, 3.8) is 0 Å². The largest absolute Gasteiger partial charge is 0.276 e. The number of anilines is 1. The van der Waals surface area contributed by atoms with Crippen molar-refractivity contribution in [2.75, 3.05) is 11.6 Å². The zero-order chi connectivity index (χ0) is 15.1. The first kappa shape index (κ1) is 13.8. The summed E-state index contributed by atoms with van der Waals surface area (Å²) in [6, 6.07) is 9.84. The molecule has 22 heavy (non-hydrogen) atoms. The molecule has 0 fully saturated rings. The van der Waals surface area contributed by atoms with Gasteiger partial charge in [-0.25, -0.2) is 10.1 Å². The highest BCUT2D eigenvalue weighted by molar-refractivity contribution is 7.14. The number of nitrogens with one attached hydrogen (secondary N) is 1. The summed E-state index contributed by atoms with van der Waals surface area (Å²) in [5, 5.41) is 12.4. The topological polar surface area (TPSA) is 43.2 Å². The predicted octanol–water partition coefficient (Wildman–Crippen LogP) is 3.28. The lowest BCUT2D eigenvalue weighted by atomic mass is 10.1. The lowest BCUT2D eigenvalue weighted by molar-refractivity contribution is 0.236. The minimum Gasteiger partial charge on any atom is -0.276 e. The summed E-state index contributed by atoms with van der Waals surface area (Å²) < 4.78 is 0. The van der Waals surface area contributed by atoms with Crippen LogP contribution in [0.3, 0.4) is 0 Å². The van der Waals surface area contributed by atoms with Crippen molar-refractivity contribution in [1.29, 1.82) is 0 Å². The van der Waals surface area contributed by atoms with Crippen LogP contribution >= 0.6 is 22.9 Å². The van der Waals surface area contributed by atoms with Crippen molar-refractivity contribution in [2.45, 2.75) is 13.5 Å². The van der Waals surface area contributed by atoms with E-state index in [1.54, 1.807) is 11.3 Å². The van der Waals surface area contributed by atoms with Crippen molar-refractivity contribution in [2.24, 2.45) is 10.1 Å². The first-order valence-electron chi connectivity index (χ1n) is 7.06. The maximum Gasteiger partial charge on any atom is 0.197 e. The van der Waals surface area contributed by atoms with E-state index < -0.39 is 0 Å². The number of amidine groups is 1. The summed E-state index contributed by atoms with van der Waals surface area (Å²) in [6.07, 6.45) is 0. The maximum absolute atomic E-state index is 6.00. The highest BCUT2D eigenvalue weighted by Crippen LogP contribution is 2.32. The van der Waals surface area contributed by atoms with E-state index >= 15 is 0 Å². The van der Waals surface area contributed by atoms with Gasteiger partial charge in [-0.15, -0.1) is 22.0 Å². The van der Waals surface area contributed by atoms with Crippen molar-refractivity contribution < 1.29 is 0 Å².